The Morgan fingerprint density at radius 2 is 1.92 bits per heavy atom. The van der Waals surface area contributed by atoms with E-state index in [-0.39, 0.29) is 0 Å². The van der Waals surface area contributed by atoms with Crippen LogP contribution >= 0.6 is 23.1 Å². The summed E-state index contributed by atoms with van der Waals surface area (Å²) in [5.74, 6) is 0.990. The lowest BCUT2D eigenvalue weighted by Gasteiger charge is -1.92. The second-order valence-electron chi connectivity index (χ2n) is 2.45. The van der Waals surface area contributed by atoms with Crippen LogP contribution < -0.4 is 0 Å². The predicted molar refractivity (Wildman–Crippen MR) is 50.7 cm³/mol. The molecule has 4 nitrogen and oxygen atoms in total. The molecule has 0 N–H and O–H groups in total. The molecule has 0 unspecified atom stereocenters. The molecule has 2 aromatic rings. The third kappa shape index (κ3) is 1.81. The van der Waals surface area contributed by atoms with Crippen molar-refractivity contribution in [1.29, 1.82) is 0 Å². The highest BCUT2D eigenvalue weighted by atomic mass is 35.5. The fourth-order valence-electron chi connectivity index (χ4n) is 0.804. The van der Waals surface area contributed by atoms with Gasteiger partial charge in [-0.3, -0.25) is 0 Å². The molecular weight excluding hydrogens is 208 g/mol. The van der Waals surface area contributed by atoms with Gasteiger partial charge in [-0.05, 0) is 35.6 Å². The largest absolute Gasteiger partial charge is 0.233 e. The second-order valence-corrected chi connectivity index (χ2v) is 3.79. The minimum atomic E-state index is 0.402. The van der Waals surface area contributed by atoms with Crippen LogP contribution in [0.25, 0.3) is 11.6 Å². The first-order chi connectivity index (χ1) is 6.25. The molecule has 0 saturated carbocycles. The Morgan fingerprint density at radius 3 is 2.46 bits per heavy atom. The molecule has 66 valence electrons. The first-order valence-electron chi connectivity index (χ1n) is 3.54. The van der Waals surface area contributed by atoms with Crippen LogP contribution in [-0.4, -0.2) is 19.3 Å². The molecule has 0 aliphatic rings. The van der Waals surface area contributed by atoms with E-state index in [4.69, 9.17) is 11.6 Å². The van der Waals surface area contributed by atoms with E-state index >= 15 is 0 Å². The Morgan fingerprint density at radius 1 is 1.23 bits per heavy atom. The number of halogens is 1. The summed E-state index contributed by atoms with van der Waals surface area (Å²) in [6.07, 6.45) is 3.44. The highest BCUT2D eigenvalue weighted by molar-refractivity contribution is 7.10. The van der Waals surface area contributed by atoms with Crippen LogP contribution in [0.4, 0.5) is 0 Å². The summed E-state index contributed by atoms with van der Waals surface area (Å²) in [5, 5.41) is 0. The zero-order chi connectivity index (χ0) is 9.26. The average molecular weight is 213 g/mol. The first kappa shape index (κ1) is 8.52. The van der Waals surface area contributed by atoms with Crippen LogP contribution in [0.15, 0.2) is 12.4 Å². The number of aryl methyl sites for hydroxylation is 1. The van der Waals surface area contributed by atoms with E-state index in [1.54, 1.807) is 12.4 Å². The molecule has 2 aromatic heterocycles. The molecule has 0 fully saturated rings. The molecule has 6 heteroatoms. The molecule has 0 aromatic carbocycles. The zero-order valence-electron chi connectivity index (χ0n) is 6.73. The highest BCUT2D eigenvalue weighted by Gasteiger charge is 2.06. The van der Waals surface area contributed by atoms with Gasteiger partial charge in [-0.2, -0.15) is 4.37 Å². The van der Waals surface area contributed by atoms with Crippen molar-refractivity contribution in [2.75, 3.05) is 0 Å². The van der Waals surface area contributed by atoms with Crippen molar-refractivity contribution in [3.05, 3.63) is 22.4 Å². The Hall–Kier alpha value is -1.07. The molecule has 0 bridgehead atoms. The standard InChI is InChI=1S/C7H5ClN4S/c1-4-2-9-5(10-3-4)6-11-7(8)13-12-6/h2-3H,1H3. The van der Waals surface area contributed by atoms with Gasteiger partial charge in [0.25, 0.3) is 0 Å². The van der Waals surface area contributed by atoms with Gasteiger partial charge in [-0.15, -0.1) is 0 Å². The summed E-state index contributed by atoms with van der Waals surface area (Å²) in [6, 6.07) is 0. The van der Waals surface area contributed by atoms with Crippen LogP contribution in [0.1, 0.15) is 5.56 Å². The van der Waals surface area contributed by atoms with E-state index in [1.807, 2.05) is 6.92 Å². The summed E-state index contributed by atoms with van der Waals surface area (Å²) in [5.41, 5.74) is 1.00. The van der Waals surface area contributed by atoms with Gasteiger partial charge in [0.1, 0.15) is 0 Å². The number of nitrogens with zero attached hydrogens (tertiary/aromatic N) is 4. The van der Waals surface area contributed by atoms with Gasteiger partial charge in [0.15, 0.2) is 5.82 Å². The molecule has 0 amide bonds. The molecule has 13 heavy (non-hydrogen) atoms. The minimum Gasteiger partial charge on any atom is -0.233 e. The lowest BCUT2D eigenvalue weighted by molar-refractivity contribution is 1.10. The Bertz CT molecular complexity index is 411. The predicted octanol–water partition coefficient (Wildman–Crippen LogP) is 1.96. The van der Waals surface area contributed by atoms with E-state index in [2.05, 4.69) is 19.3 Å². The Balaban J connectivity index is 2.41. The topological polar surface area (TPSA) is 51.6 Å². The molecule has 0 aliphatic heterocycles. The molecule has 0 spiro atoms. The van der Waals surface area contributed by atoms with Crippen molar-refractivity contribution in [2.24, 2.45) is 0 Å². The van der Waals surface area contributed by atoms with Crippen LogP contribution in [0.3, 0.4) is 0 Å². The highest BCUT2D eigenvalue weighted by Crippen LogP contribution is 2.17. The van der Waals surface area contributed by atoms with Crippen molar-refractivity contribution in [3.8, 4) is 11.6 Å². The van der Waals surface area contributed by atoms with Gasteiger partial charge in [0.2, 0.25) is 10.3 Å². The number of rotatable bonds is 1. The van der Waals surface area contributed by atoms with Gasteiger partial charge in [0, 0.05) is 12.4 Å². The zero-order valence-corrected chi connectivity index (χ0v) is 8.30. The maximum atomic E-state index is 5.63. The van der Waals surface area contributed by atoms with Gasteiger partial charge in [-0.1, -0.05) is 0 Å². The molecular formula is C7H5ClN4S. The van der Waals surface area contributed by atoms with Gasteiger partial charge in [-0.25, -0.2) is 15.0 Å². The molecule has 0 radical (unpaired) electrons. The van der Waals surface area contributed by atoms with Crippen molar-refractivity contribution >= 4 is 23.1 Å². The second kappa shape index (κ2) is 3.35. The van der Waals surface area contributed by atoms with Crippen molar-refractivity contribution in [1.82, 2.24) is 19.3 Å². The average Bonchev–Trinajstić information content (AvgIpc) is 2.53. The number of hydrogen-bond acceptors (Lipinski definition) is 5. The summed E-state index contributed by atoms with van der Waals surface area (Å²) in [4.78, 5) is 12.1. The summed E-state index contributed by atoms with van der Waals surface area (Å²) in [6.45, 7) is 1.92. The van der Waals surface area contributed by atoms with Gasteiger partial charge >= 0.3 is 0 Å². The number of hydrogen-bond donors (Lipinski definition) is 0. The quantitative estimate of drug-likeness (QED) is 0.725. The summed E-state index contributed by atoms with van der Waals surface area (Å²) >= 11 is 6.76. The molecule has 2 heterocycles. The third-order valence-electron chi connectivity index (χ3n) is 1.38. The fourth-order valence-corrected chi connectivity index (χ4v) is 1.40. The molecule has 0 saturated heterocycles. The van der Waals surface area contributed by atoms with Crippen LogP contribution in [0.2, 0.25) is 4.47 Å². The summed E-state index contributed by atoms with van der Waals surface area (Å²) < 4.78 is 4.39. The van der Waals surface area contributed by atoms with E-state index < -0.39 is 0 Å². The van der Waals surface area contributed by atoms with Crippen molar-refractivity contribution in [3.63, 3.8) is 0 Å². The maximum Gasteiger partial charge on any atom is 0.212 e. The fraction of sp³-hybridized carbons (Fsp3) is 0.143. The van der Waals surface area contributed by atoms with Crippen LogP contribution in [0.5, 0.6) is 0 Å². The van der Waals surface area contributed by atoms with E-state index in [0.29, 0.717) is 16.1 Å². The third-order valence-corrected chi connectivity index (χ3v) is 2.18. The lowest BCUT2D eigenvalue weighted by atomic mass is 10.4. The maximum absolute atomic E-state index is 5.63. The lowest BCUT2D eigenvalue weighted by Crippen LogP contribution is -1.90. The van der Waals surface area contributed by atoms with Gasteiger partial charge < -0.3 is 0 Å². The Labute approximate surface area is 83.8 Å². The monoisotopic (exact) mass is 212 g/mol. The van der Waals surface area contributed by atoms with Gasteiger partial charge in [0.05, 0.1) is 0 Å². The van der Waals surface area contributed by atoms with Crippen LogP contribution in [-0.2, 0) is 0 Å². The van der Waals surface area contributed by atoms with E-state index in [0.717, 1.165) is 17.1 Å². The Kier molecular flexibility index (Phi) is 2.20. The SMILES string of the molecule is Cc1cnc(-c2nsc(Cl)n2)nc1. The van der Waals surface area contributed by atoms with E-state index in [1.165, 1.54) is 0 Å². The number of aromatic nitrogens is 4. The minimum absolute atomic E-state index is 0.402. The summed E-state index contributed by atoms with van der Waals surface area (Å²) in [7, 11) is 0. The first-order valence-corrected chi connectivity index (χ1v) is 4.69. The molecule has 0 atom stereocenters. The van der Waals surface area contributed by atoms with E-state index in [9.17, 15) is 0 Å². The van der Waals surface area contributed by atoms with Crippen molar-refractivity contribution in [2.45, 2.75) is 6.92 Å². The smallest absolute Gasteiger partial charge is 0.212 e. The van der Waals surface area contributed by atoms with Crippen LogP contribution in [0, 0.1) is 6.92 Å². The molecule has 2 rings (SSSR count). The van der Waals surface area contributed by atoms with Crippen molar-refractivity contribution < 1.29 is 0 Å². The molecule has 0 aliphatic carbocycles. The normalized spacial score (nSPS) is 10.3.